The van der Waals surface area contributed by atoms with Gasteiger partial charge in [0.1, 0.15) is 0 Å². The Kier molecular flexibility index (Phi) is 7.38. The van der Waals surface area contributed by atoms with Crippen molar-refractivity contribution in [2.75, 3.05) is 29.7 Å². The molecular formula is C8H17ClN2O3S2. The van der Waals surface area contributed by atoms with Crippen LogP contribution in [0.4, 0.5) is 0 Å². The number of rotatable bonds is 5. The lowest BCUT2D eigenvalue weighted by atomic mass is 10.3. The highest BCUT2D eigenvalue weighted by atomic mass is 35.5. The second-order valence-electron chi connectivity index (χ2n) is 3.30. The van der Waals surface area contributed by atoms with Gasteiger partial charge in [-0.1, -0.05) is 6.92 Å². The van der Waals surface area contributed by atoms with Crippen molar-refractivity contribution in [2.45, 2.75) is 13.0 Å². The molecule has 8 heteroatoms. The fourth-order valence-electron chi connectivity index (χ4n) is 1.16. The average molecular weight is 289 g/mol. The third kappa shape index (κ3) is 5.38. The fourth-order valence-corrected chi connectivity index (χ4v) is 2.80. The van der Waals surface area contributed by atoms with Crippen molar-refractivity contribution < 1.29 is 13.2 Å². The van der Waals surface area contributed by atoms with Crippen molar-refractivity contribution in [1.29, 1.82) is 0 Å². The molecule has 1 aliphatic heterocycles. The number of carbonyl (C=O) groups excluding carboxylic acids is 1. The Morgan fingerprint density at radius 3 is 2.75 bits per heavy atom. The predicted molar refractivity (Wildman–Crippen MR) is 68.8 cm³/mol. The van der Waals surface area contributed by atoms with E-state index in [2.05, 4.69) is 10.6 Å². The number of sulfone groups is 1. The first-order valence-corrected chi connectivity index (χ1v) is 7.82. The maximum absolute atomic E-state index is 11.4. The second kappa shape index (κ2) is 7.37. The van der Waals surface area contributed by atoms with E-state index in [1.165, 1.54) is 0 Å². The molecule has 1 amide bonds. The normalized spacial score (nSPS) is 20.2. The van der Waals surface area contributed by atoms with Gasteiger partial charge in [-0.25, -0.2) is 8.42 Å². The van der Waals surface area contributed by atoms with Gasteiger partial charge in [0.25, 0.3) is 0 Å². The van der Waals surface area contributed by atoms with E-state index >= 15 is 0 Å². The van der Waals surface area contributed by atoms with E-state index in [1.807, 2.05) is 0 Å². The molecule has 1 atom stereocenters. The molecule has 96 valence electrons. The Labute approximate surface area is 106 Å². The van der Waals surface area contributed by atoms with Crippen molar-refractivity contribution >= 4 is 39.9 Å². The zero-order chi connectivity index (χ0) is 11.3. The van der Waals surface area contributed by atoms with Crippen LogP contribution < -0.4 is 10.6 Å². The Balaban J connectivity index is 0.00000225. The highest BCUT2D eigenvalue weighted by Crippen LogP contribution is 2.08. The zero-order valence-electron chi connectivity index (χ0n) is 9.06. The molecule has 1 heterocycles. The van der Waals surface area contributed by atoms with Gasteiger partial charge in [-0.05, 0) is 0 Å². The van der Waals surface area contributed by atoms with Crippen LogP contribution in [0.25, 0.3) is 0 Å². The van der Waals surface area contributed by atoms with Gasteiger partial charge in [0.2, 0.25) is 5.91 Å². The van der Waals surface area contributed by atoms with Crippen LogP contribution in [0, 0.1) is 0 Å². The molecular weight excluding hydrogens is 272 g/mol. The zero-order valence-corrected chi connectivity index (χ0v) is 11.5. The lowest BCUT2D eigenvalue weighted by Crippen LogP contribution is -2.43. The Bertz CT molecular complexity index is 315. The number of halogens is 1. The standard InChI is InChI=1S/C8H16N2O3S2.ClH/c1-2-15(12,13)4-3-9-8(11)7-5-14-6-10-7;/h7,10H,2-6H2,1H3,(H,9,11);1H/t7-;/m1./s1. The monoisotopic (exact) mass is 288 g/mol. The molecule has 0 spiro atoms. The first kappa shape index (κ1) is 16.0. The van der Waals surface area contributed by atoms with Crippen molar-refractivity contribution in [2.24, 2.45) is 0 Å². The maximum atomic E-state index is 11.4. The number of amides is 1. The number of thioether (sulfide) groups is 1. The van der Waals surface area contributed by atoms with Crippen LogP contribution in [0.15, 0.2) is 0 Å². The summed E-state index contributed by atoms with van der Waals surface area (Å²) in [5.74, 6) is 1.58. The molecule has 0 saturated carbocycles. The van der Waals surface area contributed by atoms with Crippen LogP contribution in [0.1, 0.15) is 6.92 Å². The van der Waals surface area contributed by atoms with Crippen LogP contribution in [-0.2, 0) is 14.6 Å². The minimum atomic E-state index is -2.98. The Morgan fingerprint density at radius 1 is 1.56 bits per heavy atom. The van der Waals surface area contributed by atoms with Crippen LogP contribution in [0.2, 0.25) is 0 Å². The van der Waals surface area contributed by atoms with E-state index in [0.717, 1.165) is 11.6 Å². The average Bonchev–Trinajstić information content (AvgIpc) is 2.70. The van der Waals surface area contributed by atoms with Gasteiger partial charge >= 0.3 is 0 Å². The molecule has 1 rings (SSSR count). The SMILES string of the molecule is CCS(=O)(=O)CCNC(=O)[C@H]1CSCN1.Cl. The van der Waals surface area contributed by atoms with Gasteiger partial charge in [-0.15, -0.1) is 24.2 Å². The molecule has 1 saturated heterocycles. The predicted octanol–water partition coefficient (Wildman–Crippen LogP) is -0.378. The first-order valence-electron chi connectivity index (χ1n) is 4.84. The van der Waals surface area contributed by atoms with Crippen LogP contribution in [0.3, 0.4) is 0 Å². The molecule has 0 aromatic heterocycles. The molecule has 1 fully saturated rings. The van der Waals surface area contributed by atoms with Crippen molar-refractivity contribution in [3.05, 3.63) is 0 Å². The molecule has 0 bridgehead atoms. The van der Waals surface area contributed by atoms with E-state index in [1.54, 1.807) is 18.7 Å². The van der Waals surface area contributed by atoms with Gasteiger partial charge in [-0.3, -0.25) is 10.1 Å². The van der Waals surface area contributed by atoms with E-state index in [9.17, 15) is 13.2 Å². The molecule has 16 heavy (non-hydrogen) atoms. The van der Waals surface area contributed by atoms with E-state index in [-0.39, 0.29) is 42.4 Å². The van der Waals surface area contributed by atoms with Crippen molar-refractivity contribution in [1.82, 2.24) is 10.6 Å². The summed E-state index contributed by atoms with van der Waals surface area (Å²) in [5.41, 5.74) is 0. The molecule has 0 aliphatic carbocycles. The quantitative estimate of drug-likeness (QED) is 0.721. The molecule has 0 radical (unpaired) electrons. The van der Waals surface area contributed by atoms with E-state index in [4.69, 9.17) is 0 Å². The highest BCUT2D eigenvalue weighted by molar-refractivity contribution is 7.99. The number of hydrogen-bond donors (Lipinski definition) is 2. The summed E-state index contributed by atoms with van der Waals surface area (Å²) in [6, 6.07) is -0.167. The molecule has 5 nitrogen and oxygen atoms in total. The number of carbonyl (C=O) groups is 1. The van der Waals surface area contributed by atoms with Crippen LogP contribution >= 0.6 is 24.2 Å². The molecule has 0 unspecified atom stereocenters. The second-order valence-corrected chi connectivity index (χ2v) is 6.80. The third-order valence-corrected chi connectivity index (χ3v) is 4.83. The van der Waals surface area contributed by atoms with E-state index < -0.39 is 9.84 Å². The van der Waals surface area contributed by atoms with Gasteiger partial charge < -0.3 is 5.32 Å². The summed E-state index contributed by atoms with van der Waals surface area (Å²) < 4.78 is 22.3. The fraction of sp³-hybridized carbons (Fsp3) is 0.875. The lowest BCUT2D eigenvalue weighted by molar-refractivity contribution is -0.122. The molecule has 0 aromatic rings. The van der Waals surface area contributed by atoms with Gasteiger partial charge in [0.15, 0.2) is 9.84 Å². The summed E-state index contributed by atoms with van der Waals surface area (Å²) in [7, 11) is -2.98. The Hall–Kier alpha value is 0.0200. The summed E-state index contributed by atoms with van der Waals surface area (Å²) in [4.78, 5) is 11.4. The van der Waals surface area contributed by atoms with E-state index in [0.29, 0.717) is 0 Å². The minimum absolute atomic E-state index is 0. The largest absolute Gasteiger partial charge is 0.354 e. The van der Waals surface area contributed by atoms with Crippen LogP contribution in [0.5, 0.6) is 0 Å². The smallest absolute Gasteiger partial charge is 0.238 e. The molecule has 0 aromatic carbocycles. The topological polar surface area (TPSA) is 75.3 Å². The maximum Gasteiger partial charge on any atom is 0.238 e. The first-order chi connectivity index (χ1) is 7.05. The van der Waals surface area contributed by atoms with Gasteiger partial charge in [0.05, 0.1) is 11.8 Å². The number of hydrogen-bond acceptors (Lipinski definition) is 5. The van der Waals surface area contributed by atoms with Crippen LogP contribution in [-0.4, -0.2) is 50.0 Å². The summed E-state index contributed by atoms with van der Waals surface area (Å²) in [6.07, 6.45) is 0. The number of nitrogens with one attached hydrogen (secondary N) is 2. The summed E-state index contributed by atoms with van der Waals surface area (Å²) in [5, 5.41) is 5.64. The van der Waals surface area contributed by atoms with Gasteiger partial charge in [0, 0.05) is 23.9 Å². The Morgan fingerprint density at radius 2 is 2.25 bits per heavy atom. The van der Waals surface area contributed by atoms with Crippen molar-refractivity contribution in [3.8, 4) is 0 Å². The molecule has 1 aliphatic rings. The molecule has 2 N–H and O–H groups in total. The third-order valence-electron chi connectivity index (χ3n) is 2.18. The summed E-state index contributed by atoms with van der Waals surface area (Å²) in [6.45, 7) is 1.81. The van der Waals surface area contributed by atoms with Gasteiger partial charge in [-0.2, -0.15) is 0 Å². The lowest BCUT2D eigenvalue weighted by Gasteiger charge is -2.09. The summed E-state index contributed by atoms with van der Waals surface area (Å²) >= 11 is 1.66. The highest BCUT2D eigenvalue weighted by Gasteiger charge is 2.22. The van der Waals surface area contributed by atoms with Crippen molar-refractivity contribution in [3.63, 3.8) is 0 Å². The minimum Gasteiger partial charge on any atom is -0.354 e.